The minimum atomic E-state index is 0.469. The van der Waals surface area contributed by atoms with Gasteiger partial charge < -0.3 is 9.15 Å². The number of pyridine rings is 2. The monoisotopic (exact) mass is 582 g/mol. The van der Waals surface area contributed by atoms with Crippen LogP contribution < -0.4 is 9.64 Å². The normalized spacial score (nSPS) is 12.1. The van der Waals surface area contributed by atoms with Crippen molar-refractivity contribution in [3.63, 3.8) is 0 Å². The quantitative estimate of drug-likeness (QED) is 0.203. The van der Waals surface area contributed by atoms with Crippen LogP contribution in [0.15, 0.2) is 138 Å². The molecule has 5 heterocycles. The lowest BCUT2D eigenvalue weighted by Gasteiger charge is -2.32. The number of benzene rings is 4. The maximum Gasteiger partial charge on any atom is 0.169 e. The summed E-state index contributed by atoms with van der Waals surface area (Å²) in [5.41, 5.74) is 6.29. The van der Waals surface area contributed by atoms with Crippen molar-refractivity contribution in [3.05, 3.63) is 134 Å². The summed E-state index contributed by atoms with van der Waals surface area (Å²) >= 11 is 0. The number of ether oxygens (including phenoxy) is 1. The van der Waals surface area contributed by atoms with E-state index < -0.39 is 0 Å². The molecule has 0 fully saturated rings. The SMILES string of the molecule is c1ccc(-c2nc(-c3ccccc3)nc(-c3cncc4c3oc3c(N5c6ccccc6Oc6ccccc65)cncc34)n2)cc1. The van der Waals surface area contributed by atoms with E-state index in [1.54, 1.807) is 12.4 Å². The number of rotatable bonds is 4. The standard InChI is InChI=1S/C37H22N6O2/c1-3-11-23(12-4-1)35-40-36(24-13-5-2-6-14-24)42-37(41-35)27-21-38-19-25-26-20-39-22-30(34(26)45-33(25)27)43-28-15-7-9-17-31(28)44-32-18-10-8-16-29(32)43/h1-22H. The highest BCUT2D eigenvalue weighted by molar-refractivity contribution is 6.12. The molecule has 4 aromatic carbocycles. The summed E-state index contributed by atoms with van der Waals surface area (Å²) < 4.78 is 13.0. The predicted molar refractivity (Wildman–Crippen MR) is 174 cm³/mol. The summed E-state index contributed by atoms with van der Waals surface area (Å²) in [5.74, 6) is 3.10. The Morgan fingerprint density at radius 3 is 1.58 bits per heavy atom. The number of nitrogens with zero attached hydrogens (tertiary/aromatic N) is 6. The van der Waals surface area contributed by atoms with Crippen LogP contribution in [0.25, 0.3) is 56.1 Å². The zero-order chi connectivity index (χ0) is 29.7. The van der Waals surface area contributed by atoms with E-state index in [1.807, 2.05) is 122 Å². The fourth-order valence-corrected chi connectivity index (χ4v) is 5.80. The van der Waals surface area contributed by atoms with Crippen molar-refractivity contribution >= 4 is 39.0 Å². The zero-order valence-corrected chi connectivity index (χ0v) is 23.7. The molecule has 0 spiro atoms. The Bertz CT molecular complexity index is 2270. The Morgan fingerprint density at radius 2 is 0.956 bits per heavy atom. The Labute approximate surface area is 257 Å². The van der Waals surface area contributed by atoms with Gasteiger partial charge in [0.15, 0.2) is 34.6 Å². The number of fused-ring (bicyclic) bond motifs is 5. The molecule has 45 heavy (non-hydrogen) atoms. The molecule has 9 rings (SSSR count). The molecule has 0 amide bonds. The molecule has 8 heteroatoms. The topological polar surface area (TPSA) is 90.1 Å². The molecular weight excluding hydrogens is 560 g/mol. The number of furan rings is 1. The Hall–Kier alpha value is -6.41. The first-order valence-corrected chi connectivity index (χ1v) is 14.5. The molecule has 0 radical (unpaired) electrons. The maximum absolute atomic E-state index is 6.78. The molecule has 0 bridgehead atoms. The van der Waals surface area contributed by atoms with Gasteiger partial charge in [0, 0.05) is 35.1 Å². The molecule has 4 aromatic heterocycles. The molecule has 0 saturated heterocycles. The van der Waals surface area contributed by atoms with Crippen LogP contribution in [0.5, 0.6) is 11.5 Å². The largest absolute Gasteiger partial charge is 0.453 e. The lowest BCUT2D eigenvalue weighted by atomic mass is 10.1. The second kappa shape index (κ2) is 10.1. The van der Waals surface area contributed by atoms with Gasteiger partial charge in [-0.05, 0) is 24.3 Å². The van der Waals surface area contributed by atoms with Crippen molar-refractivity contribution in [2.24, 2.45) is 0 Å². The number of aromatic nitrogens is 5. The highest BCUT2D eigenvalue weighted by Gasteiger charge is 2.29. The Kier molecular flexibility index (Phi) is 5.64. The van der Waals surface area contributed by atoms with Crippen molar-refractivity contribution in [2.75, 3.05) is 4.90 Å². The first-order valence-electron chi connectivity index (χ1n) is 14.5. The van der Waals surface area contributed by atoms with Crippen LogP contribution in [0.3, 0.4) is 0 Å². The van der Waals surface area contributed by atoms with Gasteiger partial charge in [-0.3, -0.25) is 14.9 Å². The smallest absolute Gasteiger partial charge is 0.169 e. The van der Waals surface area contributed by atoms with E-state index >= 15 is 0 Å². The van der Waals surface area contributed by atoms with Crippen molar-refractivity contribution in [3.8, 4) is 45.7 Å². The van der Waals surface area contributed by atoms with E-state index in [2.05, 4.69) is 14.9 Å². The van der Waals surface area contributed by atoms with Crippen molar-refractivity contribution in [1.82, 2.24) is 24.9 Å². The lowest BCUT2D eigenvalue weighted by Crippen LogP contribution is -2.16. The number of hydrogen-bond donors (Lipinski definition) is 0. The summed E-state index contributed by atoms with van der Waals surface area (Å²) in [4.78, 5) is 26.1. The van der Waals surface area contributed by atoms with Crippen molar-refractivity contribution in [1.29, 1.82) is 0 Å². The molecule has 0 N–H and O–H groups in total. The summed E-state index contributed by atoms with van der Waals surface area (Å²) in [7, 11) is 0. The average Bonchev–Trinajstić information content (AvgIpc) is 3.51. The van der Waals surface area contributed by atoms with Crippen LogP contribution in [0.1, 0.15) is 0 Å². The van der Waals surface area contributed by atoms with Crippen LogP contribution in [0.4, 0.5) is 17.1 Å². The van der Waals surface area contributed by atoms with E-state index in [-0.39, 0.29) is 0 Å². The van der Waals surface area contributed by atoms with Gasteiger partial charge in [0.2, 0.25) is 0 Å². The zero-order valence-electron chi connectivity index (χ0n) is 23.7. The van der Waals surface area contributed by atoms with Gasteiger partial charge >= 0.3 is 0 Å². The number of anilines is 3. The molecule has 0 atom stereocenters. The Morgan fingerprint density at radius 1 is 0.444 bits per heavy atom. The molecule has 0 unspecified atom stereocenters. The Balaban J connectivity index is 1.28. The first-order chi connectivity index (χ1) is 22.3. The van der Waals surface area contributed by atoms with Gasteiger partial charge in [0.1, 0.15) is 11.3 Å². The molecular formula is C37H22N6O2. The third-order valence-electron chi connectivity index (χ3n) is 7.88. The van der Waals surface area contributed by atoms with Gasteiger partial charge in [0.05, 0.1) is 28.5 Å². The fraction of sp³-hybridized carbons (Fsp3) is 0. The molecule has 1 aliphatic rings. The van der Waals surface area contributed by atoms with Crippen LogP contribution in [0.2, 0.25) is 0 Å². The maximum atomic E-state index is 6.78. The minimum Gasteiger partial charge on any atom is -0.453 e. The number of hydrogen-bond acceptors (Lipinski definition) is 8. The fourth-order valence-electron chi connectivity index (χ4n) is 5.80. The van der Waals surface area contributed by atoms with E-state index in [0.717, 1.165) is 50.5 Å². The van der Waals surface area contributed by atoms with Crippen LogP contribution >= 0.6 is 0 Å². The molecule has 8 nitrogen and oxygen atoms in total. The van der Waals surface area contributed by atoms with Crippen molar-refractivity contribution in [2.45, 2.75) is 0 Å². The van der Waals surface area contributed by atoms with Gasteiger partial charge in [-0.1, -0.05) is 84.9 Å². The number of para-hydroxylation sites is 4. The van der Waals surface area contributed by atoms with E-state index in [1.165, 1.54) is 0 Å². The van der Waals surface area contributed by atoms with Crippen LogP contribution in [-0.2, 0) is 0 Å². The van der Waals surface area contributed by atoms with E-state index in [9.17, 15) is 0 Å². The minimum absolute atomic E-state index is 0.469. The van der Waals surface area contributed by atoms with E-state index in [0.29, 0.717) is 34.2 Å². The molecule has 212 valence electrons. The third-order valence-corrected chi connectivity index (χ3v) is 7.88. The molecule has 0 aliphatic carbocycles. The second-order valence-corrected chi connectivity index (χ2v) is 10.6. The summed E-state index contributed by atoms with van der Waals surface area (Å²) in [6, 6.07) is 35.7. The average molecular weight is 583 g/mol. The third kappa shape index (κ3) is 4.11. The summed E-state index contributed by atoms with van der Waals surface area (Å²) in [6.07, 6.45) is 7.18. The second-order valence-electron chi connectivity index (χ2n) is 10.6. The first kappa shape index (κ1) is 25.1. The van der Waals surface area contributed by atoms with E-state index in [4.69, 9.17) is 24.1 Å². The van der Waals surface area contributed by atoms with Crippen molar-refractivity contribution < 1.29 is 9.15 Å². The molecule has 8 aromatic rings. The summed E-state index contributed by atoms with van der Waals surface area (Å²) in [6.45, 7) is 0. The highest BCUT2D eigenvalue weighted by atomic mass is 16.5. The molecule has 0 saturated carbocycles. The highest BCUT2D eigenvalue weighted by Crippen LogP contribution is 2.52. The van der Waals surface area contributed by atoms with Crippen LogP contribution in [0, 0.1) is 0 Å². The van der Waals surface area contributed by atoms with Gasteiger partial charge in [-0.25, -0.2) is 15.0 Å². The predicted octanol–water partition coefficient (Wildman–Crippen LogP) is 9.14. The lowest BCUT2D eigenvalue weighted by molar-refractivity contribution is 0.477. The van der Waals surface area contributed by atoms with Gasteiger partial charge in [0.25, 0.3) is 0 Å². The summed E-state index contributed by atoms with van der Waals surface area (Å²) in [5, 5.41) is 1.65. The molecule has 1 aliphatic heterocycles. The van der Waals surface area contributed by atoms with Gasteiger partial charge in [-0.15, -0.1) is 0 Å². The van der Waals surface area contributed by atoms with Crippen LogP contribution in [-0.4, -0.2) is 24.9 Å². The van der Waals surface area contributed by atoms with Gasteiger partial charge in [-0.2, -0.15) is 0 Å².